The van der Waals surface area contributed by atoms with E-state index in [4.69, 9.17) is 18.9 Å². The number of hydrogen-bond donors (Lipinski definition) is 2. The van der Waals surface area contributed by atoms with Gasteiger partial charge in [0, 0.05) is 11.1 Å². The van der Waals surface area contributed by atoms with Gasteiger partial charge in [-0.2, -0.15) is 0 Å². The highest BCUT2D eigenvalue weighted by molar-refractivity contribution is 5.52. The van der Waals surface area contributed by atoms with Crippen LogP contribution in [0.2, 0.25) is 0 Å². The third-order valence-electron chi connectivity index (χ3n) is 10.4. The molecule has 2 N–H and O–H groups in total. The molecule has 0 heterocycles. The van der Waals surface area contributed by atoms with Crippen LogP contribution in [0.15, 0.2) is 24.3 Å². The fourth-order valence-corrected chi connectivity index (χ4v) is 7.52. The van der Waals surface area contributed by atoms with Crippen molar-refractivity contribution in [3.8, 4) is 23.0 Å². The maximum absolute atomic E-state index is 11.5. The smallest absolute Gasteiger partial charge is 0.126 e. The molecule has 0 saturated heterocycles. The Morgan fingerprint density at radius 3 is 1.13 bits per heavy atom. The van der Waals surface area contributed by atoms with Crippen molar-refractivity contribution in [2.45, 2.75) is 142 Å². The van der Waals surface area contributed by atoms with Crippen molar-refractivity contribution < 1.29 is 29.2 Å². The lowest BCUT2D eigenvalue weighted by atomic mass is 9.83. The van der Waals surface area contributed by atoms with Crippen LogP contribution in [0.25, 0.3) is 0 Å². The summed E-state index contributed by atoms with van der Waals surface area (Å²) in [7, 11) is 6.92. The lowest BCUT2D eigenvalue weighted by Gasteiger charge is -2.27. The zero-order valence-electron chi connectivity index (χ0n) is 30.2. The van der Waals surface area contributed by atoms with E-state index in [9.17, 15) is 10.2 Å². The molecule has 0 spiro atoms. The number of unbranched alkanes of at least 4 members (excludes halogenated alkanes) is 2. The molecular weight excluding hydrogens is 576 g/mol. The van der Waals surface area contributed by atoms with E-state index in [1.807, 2.05) is 24.3 Å². The maximum Gasteiger partial charge on any atom is 0.126 e. The molecule has 6 heteroatoms. The Kier molecular flexibility index (Phi) is 16.0. The Bertz CT molecular complexity index is 1040. The molecule has 46 heavy (non-hydrogen) atoms. The van der Waals surface area contributed by atoms with Gasteiger partial charge in [-0.25, -0.2) is 0 Å². The molecule has 2 aromatic rings. The molecule has 0 saturated carbocycles. The van der Waals surface area contributed by atoms with Crippen LogP contribution < -0.4 is 18.9 Å². The summed E-state index contributed by atoms with van der Waals surface area (Å²) in [5, 5.41) is 23.1. The van der Waals surface area contributed by atoms with E-state index in [1.54, 1.807) is 28.4 Å². The number of ether oxygens (including phenoxy) is 4. The molecule has 0 radical (unpaired) electrons. The molecule has 4 bridgehead atoms. The van der Waals surface area contributed by atoms with Gasteiger partial charge in [-0.1, -0.05) is 79.1 Å². The van der Waals surface area contributed by atoms with Gasteiger partial charge in [0.2, 0.25) is 0 Å². The fourth-order valence-electron chi connectivity index (χ4n) is 7.52. The van der Waals surface area contributed by atoms with Gasteiger partial charge >= 0.3 is 0 Å². The van der Waals surface area contributed by atoms with E-state index in [0.29, 0.717) is 11.8 Å². The maximum atomic E-state index is 11.5. The van der Waals surface area contributed by atoms with Gasteiger partial charge < -0.3 is 29.2 Å². The summed E-state index contributed by atoms with van der Waals surface area (Å²) in [6.07, 6.45) is 13.5. The van der Waals surface area contributed by atoms with Gasteiger partial charge in [-0.05, 0) is 97.6 Å². The summed E-state index contributed by atoms with van der Waals surface area (Å²) >= 11 is 0. The quantitative estimate of drug-likeness (QED) is 0.269. The van der Waals surface area contributed by atoms with E-state index < -0.39 is 12.2 Å². The van der Waals surface area contributed by atoms with Gasteiger partial charge in [0.1, 0.15) is 23.0 Å². The second kappa shape index (κ2) is 19.4. The predicted octanol–water partition coefficient (Wildman–Crippen LogP) is 10.4. The fraction of sp³-hybridized carbons (Fsp3) is 0.700. The highest BCUT2D eigenvalue weighted by atomic mass is 16.5. The van der Waals surface area contributed by atoms with E-state index in [0.717, 1.165) is 135 Å². The molecule has 0 aromatic heterocycles. The van der Waals surface area contributed by atoms with E-state index in [2.05, 4.69) is 27.7 Å². The van der Waals surface area contributed by atoms with Crippen LogP contribution in [0.5, 0.6) is 23.0 Å². The number of aliphatic hydroxyl groups excluding tert-OH is 2. The number of aliphatic hydroxyl groups is 2. The monoisotopic (exact) mass is 640 g/mol. The lowest BCUT2D eigenvalue weighted by Crippen LogP contribution is -2.13. The summed E-state index contributed by atoms with van der Waals surface area (Å²) in [4.78, 5) is 0. The molecule has 6 atom stereocenters. The first-order valence-electron chi connectivity index (χ1n) is 18.1. The molecule has 6 rings (SSSR count). The van der Waals surface area contributed by atoms with Crippen LogP contribution in [0.4, 0.5) is 0 Å². The lowest BCUT2D eigenvalue weighted by molar-refractivity contribution is 0.110. The third-order valence-corrected chi connectivity index (χ3v) is 10.4. The minimum atomic E-state index is -0.597. The molecule has 4 aliphatic rings. The predicted molar refractivity (Wildman–Crippen MR) is 189 cm³/mol. The molecule has 260 valence electrons. The Balaban J connectivity index is 2.01. The number of methoxy groups -OCH3 is 4. The Labute approximate surface area is 280 Å². The first kappa shape index (κ1) is 38.0. The zero-order valence-corrected chi connectivity index (χ0v) is 30.2. The minimum absolute atomic E-state index is 0.0925. The first-order chi connectivity index (χ1) is 22.2. The summed E-state index contributed by atoms with van der Waals surface area (Å²) in [6, 6.07) is 8.19. The number of benzene rings is 2. The largest absolute Gasteiger partial charge is 0.496 e. The van der Waals surface area contributed by atoms with E-state index in [-0.39, 0.29) is 11.8 Å². The second-order valence-corrected chi connectivity index (χ2v) is 13.8. The average molecular weight is 641 g/mol. The van der Waals surface area contributed by atoms with Gasteiger partial charge in [0.15, 0.2) is 0 Å². The molecule has 4 aliphatic carbocycles. The highest BCUT2D eigenvalue weighted by Gasteiger charge is 2.28. The summed E-state index contributed by atoms with van der Waals surface area (Å²) in [6.45, 7) is 8.75. The van der Waals surface area contributed by atoms with Gasteiger partial charge in [0.05, 0.1) is 40.6 Å². The Morgan fingerprint density at radius 1 is 0.543 bits per heavy atom. The van der Waals surface area contributed by atoms with Crippen LogP contribution in [0, 0.1) is 11.8 Å². The topological polar surface area (TPSA) is 77.4 Å². The standard InChI is InChI=1S/C40H64O6/c1-9-11-19-29-21-15-13-17-27(3)40(42)32-25-35(45-7)38(36(26-32)46-8)30(20-12-10-2)22-16-14-18-28(4)39(41)31-23-33(43-5)37(29)34(24-31)44-6/h23-30,39-42H,9-22H2,1-8H3/t27-,28-,29-,30-,39+,40+/m0/s1. The molecule has 0 amide bonds. The van der Waals surface area contributed by atoms with Crippen LogP contribution in [-0.2, 0) is 0 Å². The molecule has 2 aromatic carbocycles. The Morgan fingerprint density at radius 2 is 0.848 bits per heavy atom. The van der Waals surface area contributed by atoms with Crippen molar-refractivity contribution in [1.82, 2.24) is 0 Å². The molecule has 0 fully saturated rings. The van der Waals surface area contributed by atoms with Crippen molar-refractivity contribution in [3.63, 3.8) is 0 Å². The summed E-state index contributed by atoms with van der Waals surface area (Å²) in [5.74, 6) is 4.05. The van der Waals surface area contributed by atoms with Crippen molar-refractivity contribution in [2.24, 2.45) is 11.8 Å². The highest BCUT2D eigenvalue weighted by Crippen LogP contribution is 2.46. The van der Waals surface area contributed by atoms with Gasteiger partial charge in [-0.15, -0.1) is 0 Å². The summed E-state index contributed by atoms with van der Waals surface area (Å²) < 4.78 is 24.0. The molecular formula is C40H64O6. The van der Waals surface area contributed by atoms with Crippen LogP contribution >= 0.6 is 0 Å². The van der Waals surface area contributed by atoms with Gasteiger partial charge in [0.25, 0.3) is 0 Å². The first-order valence-corrected chi connectivity index (χ1v) is 18.1. The van der Waals surface area contributed by atoms with E-state index >= 15 is 0 Å². The minimum Gasteiger partial charge on any atom is -0.496 e. The second-order valence-electron chi connectivity index (χ2n) is 13.8. The van der Waals surface area contributed by atoms with Crippen LogP contribution in [-0.4, -0.2) is 38.7 Å². The SMILES string of the molecule is CCCC[C@H]1CCCC[C@H](C)[C@@H](O)c2cc(OC)c(c(OC)c2)[C@@H](CCCC)CCCC[C@H](C)[C@@H](O)c2cc(OC)c1c(OC)c2. The van der Waals surface area contributed by atoms with Crippen LogP contribution in [0.3, 0.4) is 0 Å². The molecule has 6 nitrogen and oxygen atoms in total. The number of hydrogen-bond acceptors (Lipinski definition) is 6. The average Bonchev–Trinajstić information content (AvgIpc) is 3.08. The molecule has 0 unspecified atom stereocenters. The van der Waals surface area contributed by atoms with Crippen molar-refractivity contribution in [2.75, 3.05) is 28.4 Å². The van der Waals surface area contributed by atoms with Crippen LogP contribution in [0.1, 0.15) is 164 Å². The zero-order chi connectivity index (χ0) is 33.6. The van der Waals surface area contributed by atoms with Crippen molar-refractivity contribution >= 4 is 0 Å². The normalized spacial score (nSPS) is 25.0. The van der Waals surface area contributed by atoms with Crippen molar-refractivity contribution in [3.05, 3.63) is 46.5 Å². The van der Waals surface area contributed by atoms with E-state index in [1.165, 1.54) is 0 Å². The number of rotatable bonds is 10. The molecule has 0 aliphatic heterocycles. The third kappa shape index (κ3) is 9.79. The Hall–Kier alpha value is -2.44. The summed E-state index contributed by atoms with van der Waals surface area (Å²) in [5.41, 5.74) is 3.96. The van der Waals surface area contributed by atoms with Crippen molar-refractivity contribution in [1.29, 1.82) is 0 Å². The van der Waals surface area contributed by atoms with Gasteiger partial charge in [-0.3, -0.25) is 0 Å².